The molecule has 1 atom stereocenters. The maximum atomic E-state index is 11.1. The largest absolute Gasteiger partial charge is 0.504 e. The molecule has 1 aromatic carbocycles. The molecule has 16 heavy (non-hydrogen) atoms. The number of hydrogen-bond donors (Lipinski definition) is 2. The van der Waals surface area contributed by atoms with Crippen molar-refractivity contribution >= 4 is 6.09 Å². The number of ether oxygens (including phenoxy) is 2. The molecule has 1 fully saturated rings. The number of cyclic esters (lactones) is 1. The standard InChI is InChI=1S/C11H13NO4/c1-15-9-4-2-3-7(10(9)13)8-5-6-16-11(14)12-8/h2-4,8,13H,5-6H2,1H3,(H,12,14)/t8-/m0/s1. The number of amides is 1. The SMILES string of the molecule is COc1cccc([C@@H]2CCOC(=O)N2)c1O. The van der Waals surface area contributed by atoms with Crippen LogP contribution >= 0.6 is 0 Å². The number of nitrogens with one attached hydrogen (secondary N) is 1. The predicted octanol–water partition coefficient (Wildman–Crippen LogP) is 1.57. The molecule has 0 bridgehead atoms. The first kappa shape index (κ1) is 10.6. The molecule has 0 unspecified atom stereocenters. The molecule has 1 aliphatic heterocycles. The van der Waals surface area contributed by atoms with E-state index in [9.17, 15) is 9.90 Å². The fourth-order valence-corrected chi connectivity index (χ4v) is 1.74. The first-order valence-corrected chi connectivity index (χ1v) is 5.01. The van der Waals surface area contributed by atoms with Crippen LogP contribution in [-0.2, 0) is 4.74 Å². The van der Waals surface area contributed by atoms with Crippen LogP contribution in [0.3, 0.4) is 0 Å². The van der Waals surface area contributed by atoms with Gasteiger partial charge in [0.05, 0.1) is 19.8 Å². The molecule has 1 amide bonds. The number of carbonyl (C=O) groups is 1. The number of phenols is 1. The van der Waals surface area contributed by atoms with Crippen LogP contribution in [0, 0.1) is 0 Å². The first-order chi connectivity index (χ1) is 7.72. The topological polar surface area (TPSA) is 67.8 Å². The van der Waals surface area contributed by atoms with Crippen LogP contribution in [0.4, 0.5) is 4.79 Å². The number of aromatic hydroxyl groups is 1. The number of methoxy groups -OCH3 is 1. The third kappa shape index (κ3) is 1.88. The van der Waals surface area contributed by atoms with Gasteiger partial charge in [0.25, 0.3) is 0 Å². The Kier molecular flexibility index (Phi) is 2.85. The lowest BCUT2D eigenvalue weighted by Crippen LogP contribution is -2.35. The molecular formula is C11H13NO4. The lowest BCUT2D eigenvalue weighted by atomic mass is 10.0. The number of carbonyl (C=O) groups excluding carboxylic acids is 1. The predicted molar refractivity (Wildman–Crippen MR) is 56.5 cm³/mol. The van der Waals surface area contributed by atoms with Gasteiger partial charge in [0.1, 0.15) is 0 Å². The van der Waals surface area contributed by atoms with Crippen LogP contribution in [0.2, 0.25) is 0 Å². The summed E-state index contributed by atoms with van der Waals surface area (Å²) in [7, 11) is 1.49. The third-order valence-electron chi connectivity index (χ3n) is 2.56. The third-order valence-corrected chi connectivity index (χ3v) is 2.56. The summed E-state index contributed by atoms with van der Waals surface area (Å²) in [6, 6.07) is 4.97. The second-order valence-corrected chi connectivity index (χ2v) is 3.52. The molecule has 0 spiro atoms. The zero-order valence-electron chi connectivity index (χ0n) is 8.90. The van der Waals surface area contributed by atoms with Gasteiger partial charge in [0.15, 0.2) is 11.5 Å². The van der Waals surface area contributed by atoms with E-state index in [1.54, 1.807) is 18.2 Å². The Morgan fingerprint density at radius 1 is 1.56 bits per heavy atom. The molecule has 5 heteroatoms. The Hall–Kier alpha value is -1.91. The van der Waals surface area contributed by atoms with E-state index in [0.29, 0.717) is 24.3 Å². The van der Waals surface area contributed by atoms with E-state index in [4.69, 9.17) is 9.47 Å². The van der Waals surface area contributed by atoms with Gasteiger partial charge in [0, 0.05) is 12.0 Å². The van der Waals surface area contributed by atoms with Gasteiger partial charge in [-0.05, 0) is 6.07 Å². The number of benzene rings is 1. The van der Waals surface area contributed by atoms with Crippen molar-refractivity contribution in [3.05, 3.63) is 23.8 Å². The Balaban J connectivity index is 2.29. The molecule has 1 heterocycles. The summed E-state index contributed by atoms with van der Waals surface area (Å²) in [5.41, 5.74) is 0.649. The van der Waals surface area contributed by atoms with E-state index in [0.717, 1.165) is 0 Å². The molecular weight excluding hydrogens is 210 g/mol. The minimum atomic E-state index is -0.460. The number of phenolic OH excluding ortho intramolecular Hbond substituents is 1. The van der Waals surface area contributed by atoms with Crippen molar-refractivity contribution in [3.63, 3.8) is 0 Å². The Morgan fingerprint density at radius 2 is 2.38 bits per heavy atom. The fourth-order valence-electron chi connectivity index (χ4n) is 1.74. The van der Waals surface area contributed by atoms with Crippen molar-refractivity contribution in [1.82, 2.24) is 5.32 Å². The van der Waals surface area contributed by atoms with Gasteiger partial charge in [0.2, 0.25) is 0 Å². The van der Waals surface area contributed by atoms with E-state index in [-0.39, 0.29) is 11.8 Å². The lowest BCUT2D eigenvalue weighted by Gasteiger charge is -2.24. The van der Waals surface area contributed by atoms with Crippen LogP contribution in [-0.4, -0.2) is 24.9 Å². The molecule has 2 rings (SSSR count). The van der Waals surface area contributed by atoms with Crippen LogP contribution < -0.4 is 10.1 Å². The smallest absolute Gasteiger partial charge is 0.407 e. The molecule has 0 aliphatic carbocycles. The van der Waals surface area contributed by atoms with E-state index < -0.39 is 6.09 Å². The van der Waals surface area contributed by atoms with Crippen molar-refractivity contribution < 1.29 is 19.4 Å². The number of rotatable bonds is 2. The number of para-hydroxylation sites is 1. The summed E-state index contributed by atoms with van der Waals surface area (Å²) in [5.74, 6) is 0.468. The quantitative estimate of drug-likeness (QED) is 0.798. The highest BCUT2D eigenvalue weighted by Gasteiger charge is 2.24. The maximum Gasteiger partial charge on any atom is 0.407 e. The van der Waals surface area contributed by atoms with Gasteiger partial charge < -0.3 is 19.9 Å². The molecule has 0 aromatic heterocycles. The second kappa shape index (κ2) is 4.30. The monoisotopic (exact) mass is 223 g/mol. The summed E-state index contributed by atoms with van der Waals surface area (Å²) in [4.78, 5) is 11.1. The average molecular weight is 223 g/mol. The summed E-state index contributed by atoms with van der Waals surface area (Å²) < 4.78 is 9.77. The Bertz CT molecular complexity index is 405. The van der Waals surface area contributed by atoms with Crippen molar-refractivity contribution in [2.24, 2.45) is 0 Å². The summed E-state index contributed by atoms with van der Waals surface area (Å²) >= 11 is 0. The van der Waals surface area contributed by atoms with E-state index in [1.165, 1.54) is 7.11 Å². The van der Waals surface area contributed by atoms with Crippen molar-refractivity contribution in [2.45, 2.75) is 12.5 Å². The molecule has 5 nitrogen and oxygen atoms in total. The highest BCUT2D eigenvalue weighted by atomic mass is 16.5. The maximum absolute atomic E-state index is 11.1. The summed E-state index contributed by atoms with van der Waals surface area (Å²) in [6.07, 6.45) is 0.172. The normalized spacial score (nSPS) is 19.8. The Morgan fingerprint density at radius 3 is 3.06 bits per heavy atom. The van der Waals surface area contributed by atoms with Gasteiger partial charge in [-0.15, -0.1) is 0 Å². The van der Waals surface area contributed by atoms with Crippen molar-refractivity contribution in [2.75, 3.05) is 13.7 Å². The molecule has 1 aliphatic rings. The number of alkyl carbamates (subject to hydrolysis) is 1. The lowest BCUT2D eigenvalue weighted by molar-refractivity contribution is 0.115. The van der Waals surface area contributed by atoms with Gasteiger partial charge in [-0.25, -0.2) is 4.79 Å². The molecule has 0 saturated carbocycles. The zero-order valence-corrected chi connectivity index (χ0v) is 8.90. The molecule has 86 valence electrons. The van der Waals surface area contributed by atoms with E-state index >= 15 is 0 Å². The van der Waals surface area contributed by atoms with Gasteiger partial charge in [-0.2, -0.15) is 0 Å². The van der Waals surface area contributed by atoms with Crippen molar-refractivity contribution in [1.29, 1.82) is 0 Å². The van der Waals surface area contributed by atoms with Gasteiger partial charge in [-0.3, -0.25) is 0 Å². The fraction of sp³-hybridized carbons (Fsp3) is 0.364. The van der Waals surface area contributed by atoms with E-state index in [2.05, 4.69) is 5.32 Å². The summed E-state index contributed by atoms with van der Waals surface area (Å²) in [6.45, 7) is 0.354. The minimum absolute atomic E-state index is 0.0669. The second-order valence-electron chi connectivity index (χ2n) is 3.52. The molecule has 0 radical (unpaired) electrons. The average Bonchev–Trinajstić information content (AvgIpc) is 2.29. The van der Waals surface area contributed by atoms with E-state index in [1.807, 2.05) is 0 Å². The van der Waals surface area contributed by atoms with Crippen LogP contribution in [0.25, 0.3) is 0 Å². The molecule has 1 saturated heterocycles. The Labute approximate surface area is 93.0 Å². The first-order valence-electron chi connectivity index (χ1n) is 5.01. The summed E-state index contributed by atoms with van der Waals surface area (Å²) in [5, 5.41) is 12.6. The highest BCUT2D eigenvalue weighted by molar-refractivity contribution is 5.69. The van der Waals surface area contributed by atoms with Gasteiger partial charge in [-0.1, -0.05) is 12.1 Å². The van der Waals surface area contributed by atoms with Crippen LogP contribution in [0.5, 0.6) is 11.5 Å². The van der Waals surface area contributed by atoms with Gasteiger partial charge >= 0.3 is 6.09 Å². The zero-order chi connectivity index (χ0) is 11.5. The van der Waals surface area contributed by atoms with Crippen LogP contribution in [0.15, 0.2) is 18.2 Å². The number of hydrogen-bond acceptors (Lipinski definition) is 4. The molecule has 1 aromatic rings. The highest BCUT2D eigenvalue weighted by Crippen LogP contribution is 2.35. The van der Waals surface area contributed by atoms with Crippen LogP contribution in [0.1, 0.15) is 18.0 Å². The minimum Gasteiger partial charge on any atom is -0.504 e. The molecule has 2 N–H and O–H groups in total. The van der Waals surface area contributed by atoms with Crippen molar-refractivity contribution in [3.8, 4) is 11.5 Å².